The van der Waals surface area contributed by atoms with Crippen LogP contribution in [-0.2, 0) is 20.9 Å². The van der Waals surface area contributed by atoms with Gasteiger partial charge in [0.25, 0.3) is 0 Å². The molecule has 0 aromatic heterocycles. The summed E-state index contributed by atoms with van der Waals surface area (Å²) in [5, 5.41) is 5.39. The Kier molecular flexibility index (Phi) is 8.51. The average molecular weight is 468 g/mol. The number of ether oxygens (including phenoxy) is 2. The number of hydrogen-bond donors (Lipinski definition) is 2. The number of alkyl carbamates (subject to hydrolysis) is 1. The zero-order chi connectivity index (χ0) is 24.7. The predicted octanol–water partition coefficient (Wildman–Crippen LogP) is 4.45. The van der Waals surface area contributed by atoms with E-state index in [-0.39, 0.29) is 36.9 Å². The SMILES string of the molecule is CCN(CC)c1ccc2c(c1)OC(=O)C(CCOC(=O)NCc1cccc(NC(C)=O)c1)C2C. The molecular weight excluding hydrogens is 434 g/mol. The molecule has 0 spiro atoms. The number of nitrogens with zero attached hydrogens (tertiary/aromatic N) is 1. The van der Waals surface area contributed by atoms with Crippen LogP contribution in [0.3, 0.4) is 0 Å². The summed E-state index contributed by atoms with van der Waals surface area (Å²) in [6, 6.07) is 13.2. The molecule has 2 atom stereocenters. The van der Waals surface area contributed by atoms with E-state index in [2.05, 4.69) is 35.4 Å². The van der Waals surface area contributed by atoms with Crippen molar-refractivity contribution in [3.63, 3.8) is 0 Å². The van der Waals surface area contributed by atoms with Crippen molar-refractivity contribution in [2.24, 2.45) is 5.92 Å². The third-order valence-electron chi connectivity index (χ3n) is 6.08. The van der Waals surface area contributed by atoms with Crippen molar-refractivity contribution in [2.45, 2.75) is 46.6 Å². The van der Waals surface area contributed by atoms with Crippen molar-refractivity contribution in [1.29, 1.82) is 0 Å². The lowest BCUT2D eigenvalue weighted by atomic mass is 9.83. The molecule has 3 rings (SSSR count). The van der Waals surface area contributed by atoms with Gasteiger partial charge in [-0.25, -0.2) is 4.79 Å². The molecule has 0 saturated heterocycles. The summed E-state index contributed by atoms with van der Waals surface area (Å²) in [5.41, 5.74) is 3.51. The number of carbonyl (C=O) groups excluding carboxylic acids is 3. The van der Waals surface area contributed by atoms with E-state index in [1.54, 1.807) is 18.2 Å². The van der Waals surface area contributed by atoms with Gasteiger partial charge in [-0.05, 0) is 55.5 Å². The molecule has 0 aliphatic carbocycles. The lowest BCUT2D eigenvalue weighted by Crippen LogP contribution is -2.32. The lowest BCUT2D eigenvalue weighted by molar-refractivity contribution is -0.141. The maximum Gasteiger partial charge on any atom is 0.407 e. The van der Waals surface area contributed by atoms with Gasteiger partial charge in [0, 0.05) is 44.0 Å². The van der Waals surface area contributed by atoms with E-state index in [1.807, 2.05) is 25.1 Å². The van der Waals surface area contributed by atoms with Crippen molar-refractivity contribution in [3.05, 3.63) is 53.6 Å². The van der Waals surface area contributed by atoms with Crippen LogP contribution in [0.5, 0.6) is 5.75 Å². The fraction of sp³-hybridized carbons (Fsp3) is 0.423. The highest BCUT2D eigenvalue weighted by molar-refractivity contribution is 5.88. The smallest absolute Gasteiger partial charge is 0.407 e. The zero-order valence-corrected chi connectivity index (χ0v) is 20.2. The Labute approximate surface area is 200 Å². The van der Waals surface area contributed by atoms with Crippen LogP contribution in [0.4, 0.5) is 16.2 Å². The Morgan fingerprint density at radius 3 is 2.59 bits per heavy atom. The van der Waals surface area contributed by atoms with Gasteiger partial charge >= 0.3 is 12.1 Å². The van der Waals surface area contributed by atoms with Crippen LogP contribution >= 0.6 is 0 Å². The molecule has 0 radical (unpaired) electrons. The maximum absolute atomic E-state index is 12.7. The summed E-state index contributed by atoms with van der Waals surface area (Å²) < 4.78 is 10.9. The van der Waals surface area contributed by atoms with E-state index in [1.165, 1.54) is 6.92 Å². The van der Waals surface area contributed by atoms with Gasteiger partial charge in [-0.2, -0.15) is 0 Å². The molecule has 1 aliphatic heterocycles. The summed E-state index contributed by atoms with van der Waals surface area (Å²) in [7, 11) is 0. The highest BCUT2D eigenvalue weighted by Crippen LogP contribution is 2.40. The fourth-order valence-corrected chi connectivity index (χ4v) is 4.21. The lowest BCUT2D eigenvalue weighted by Gasteiger charge is -2.31. The minimum absolute atomic E-state index is 0.0369. The van der Waals surface area contributed by atoms with Gasteiger partial charge in [-0.3, -0.25) is 9.59 Å². The van der Waals surface area contributed by atoms with E-state index in [0.29, 0.717) is 17.9 Å². The predicted molar refractivity (Wildman–Crippen MR) is 131 cm³/mol. The highest BCUT2D eigenvalue weighted by Gasteiger charge is 2.35. The summed E-state index contributed by atoms with van der Waals surface area (Å²) in [4.78, 5) is 38.2. The van der Waals surface area contributed by atoms with Crippen molar-refractivity contribution < 1.29 is 23.9 Å². The molecule has 8 heteroatoms. The van der Waals surface area contributed by atoms with E-state index < -0.39 is 6.09 Å². The summed E-state index contributed by atoms with van der Waals surface area (Å²) in [5.74, 6) is -0.264. The molecule has 0 fully saturated rings. The fourth-order valence-electron chi connectivity index (χ4n) is 4.21. The number of fused-ring (bicyclic) bond motifs is 1. The number of nitrogens with one attached hydrogen (secondary N) is 2. The largest absolute Gasteiger partial charge is 0.450 e. The monoisotopic (exact) mass is 467 g/mol. The quantitative estimate of drug-likeness (QED) is 0.418. The van der Waals surface area contributed by atoms with Gasteiger partial charge in [0.15, 0.2) is 0 Å². The number of amides is 2. The first-order valence-electron chi connectivity index (χ1n) is 11.7. The summed E-state index contributed by atoms with van der Waals surface area (Å²) in [6.45, 7) is 9.74. The van der Waals surface area contributed by atoms with Gasteiger partial charge in [0.05, 0.1) is 12.5 Å². The first-order valence-corrected chi connectivity index (χ1v) is 11.7. The maximum atomic E-state index is 12.7. The second-order valence-corrected chi connectivity index (χ2v) is 8.37. The molecule has 2 amide bonds. The summed E-state index contributed by atoms with van der Waals surface area (Å²) in [6.07, 6.45) is -0.186. The standard InChI is InChI=1S/C26H33N3O5/c1-5-29(6-2)21-10-11-22-17(3)23(25(31)34-24(22)15-21)12-13-33-26(32)27-16-19-8-7-9-20(14-19)28-18(4)30/h7-11,14-15,17,23H,5-6,12-13,16H2,1-4H3,(H,27,32)(H,28,30). The number of anilines is 2. The van der Waals surface area contributed by atoms with Crippen molar-refractivity contribution in [2.75, 3.05) is 29.9 Å². The van der Waals surface area contributed by atoms with Crippen LogP contribution in [0, 0.1) is 5.92 Å². The van der Waals surface area contributed by atoms with Gasteiger partial charge in [-0.1, -0.05) is 25.1 Å². The van der Waals surface area contributed by atoms with Gasteiger partial charge in [0.2, 0.25) is 5.91 Å². The molecule has 182 valence electrons. The molecular formula is C26H33N3O5. The average Bonchev–Trinajstić information content (AvgIpc) is 2.80. The second kappa shape index (κ2) is 11.5. The molecule has 0 saturated carbocycles. The van der Waals surface area contributed by atoms with Crippen LogP contribution in [0.15, 0.2) is 42.5 Å². The summed E-state index contributed by atoms with van der Waals surface area (Å²) >= 11 is 0. The molecule has 8 nitrogen and oxygen atoms in total. The third kappa shape index (κ3) is 6.27. The van der Waals surface area contributed by atoms with Crippen molar-refractivity contribution in [1.82, 2.24) is 5.32 Å². The Bertz CT molecular complexity index is 1030. The molecule has 1 aliphatic rings. The molecule has 2 aromatic carbocycles. The van der Waals surface area contributed by atoms with Crippen LogP contribution in [-0.4, -0.2) is 37.7 Å². The van der Waals surface area contributed by atoms with Crippen LogP contribution in [0.1, 0.15) is 51.2 Å². The highest BCUT2D eigenvalue weighted by atomic mass is 16.6. The third-order valence-corrected chi connectivity index (χ3v) is 6.08. The van der Waals surface area contributed by atoms with E-state index >= 15 is 0 Å². The van der Waals surface area contributed by atoms with Gasteiger partial charge in [-0.15, -0.1) is 0 Å². The molecule has 0 bridgehead atoms. The Hall–Kier alpha value is -3.55. The molecule has 2 N–H and O–H groups in total. The minimum atomic E-state index is -0.564. The molecule has 1 heterocycles. The topological polar surface area (TPSA) is 97.0 Å². The number of hydrogen-bond acceptors (Lipinski definition) is 6. The molecule has 34 heavy (non-hydrogen) atoms. The van der Waals surface area contributed by atoms with E-state index in [9.17, 15) is 14.4 Å². The Morgan fingerprint density at radius 2 is 1.88 bits per heavy atom. The second-order valence-electron chi connectivity index (χ2n) is 8.37. The minimum Gasteiger partial charge on any atom is -0.450 e. The van der Waals surface area contributed by atoms with Crippen molar-refractivity contribution in [3.8, 4) is 5.75 Å². The normalized spacial score (nSPS) is 16.8. The zero-order valence-electron chi connectivity index (χ0n) is 20.2. The Balaban J connectivity index is 1.51. The van der Waals surface area contributed by atoms with E-state index in [0.717, 1.165) is 29.9 Å². The number of benzene rings is 2. The van der Waals surface area contributed by atoms with Gasteiger partial charge < -0.3 is 25.0 Å². The van der Waals surface area contributed by atoms with Crippen LogP contribution in [0.25, 0.3) is 0 Å². The number of esters is 1. The number of rotatable bonds is 9. The van der Waals surface area contributed by atoms with Gasteiger partial charge in [0.1, 0.15) is 5.75 Å². The van der Waals surface area contributed by atoms with Crippen LogP contribution in [0.2, 0.25) is 0 Å². The molecule has 2 unspecified atom stereocenters. The first kappa shape index (κ1) is 25.1. The first-order chi connectivity index (χ1) is 16.3. The Morgan fingerprint density at radius 1 is 1.12 bits per heavy atom. The molecule has 2 aromatic rings. The van der Waals surface area contributed by atoms with E-state index in [4.69, 9.17) is 9.47 Å². The van der Waals surface area contributed by atoms with Crippen molar-refractivity contribution >= 4 is 29.3 Å². The van der Waals surface area contributed by atoms with Crippen LogP contribution < -0.4 is 20.3 Å². The number of carbonyl (C=O) groups is 3.